The van der Waals surface area contributed by atoms with Crippen molar-refractivity contribution in [3.05, 3.63) is 77.1 Å². The average Bonchev–Trinajstić information content (AvgIpc) is 2.91. The van der Waals surface area contributed by atoms with Gasteiger partial charge in [-0.2, -0.15) is 30.6 Å². The van der Waals surface area contributed by atoms with E-state index in [1.807, 2.05) is 6.92 Å². The van der Waals surface area contributed by atoms with Crippen molar-refractivity contribution >= 4 is 27.6 Å². The number of amides is 1. The molecule has 218 valence electrons. The fraction of sp³-hybridized carbons (Fsp3) is 0.296. The molecule has 1 fully saturated rings. The number of benzene rings is 2. The highest BCUT2D eigenvalue weighted by atomic mass is 32.2. The van der Waals surface area contributed by atoms with E-state index in [-0.39, 0.29) is 27.8 Å². The number of rotatable bonds is 6. The third kappa shape index (κ3) is 6.93. The van der Waals surface area contributed by atoms with E-state index in [0.717, 1.165) is 12.3 Å². The smallest absolute Gasteiger partial charge is 0.366 e. The number of carbonyl (C=O) groups excluding carboxylic acids is 1. The summed E-state index contributed by atoms with van der Waals surface area (Å²) in [5.74, 6) is -1.04. The number of halogens is 6. The molecular weight excluding hydrogens is 574 g/mol. The van der Waals surface area contributed by atoms with Crippen LogP contribution in [-0.4, -0.2) is 41.7 Å². The Labute approximate surface area is 231 Å². The number of hydrogen-bond acceptors (Lipinski definition) is 5. The number of hydrogen-bond donors (Lipinski definition) is 1. The van der Waals surface area contributed by atoms with E-state index in [1.165, 1.54) is 34.6 Å². The molecule has 14 heteroatoms. The second kappa shape index (κ2) is 11.2. The lowest BCUT2D eigenvalue weighted by molar-refractivity contribution is -0.143. The van der Waals surface area contributed by atoms with E-state index in [0.29, 0.717) is 44.0 Å². The standard InChI is InChI=1S/C27H24F6N4O3S/c1-16-6-9-37(10-7-16)41(39,40)22-4-2-3-17(13-22)23(24(34)38)15-21-5-8-35-25(36-21)18-11-19(26(28,29)30)14-20(12-18)27(31,32)33/h2-5,8,11-16H,6-7,9-10H2,1H3,(H2,34,38)/b23-15+. The van der Waals surface area contributed by atoms with E-state index in [9.17, 15) is 39.6 Å². The quantitative estimate of drug-likeness (QED) is 0.293. The van der Waals surface area contributed by atoms with E-state index in [4.69, 9.17) is 5.73 Å². The monoisotopic (exact) mass is 598 g/mol. The van der Waals surface area contributed by atoms with Crippen LogP contribution in [0.25, 0.3) is 23.0 Å². The summed E-state index contributed by atoms with van der Waals surface area (Å²) in [6.07, 6.45) is -6.47. The van der Waals surface area contributed by atoms with Crippen LogP contribution in [0.1, 0.15) is 42.1 Å². The number of nitrogens with two attached hydrogens (primary N) is 1. The predicted molar refractivity (Wildman–Crippen MR) is 138 cm³/mol. The third-order valence-corrected chi connectivity index (χ3v) is 8.50. The summed E-state index contributed by atoms with van der Waals surface area (Å²) in [7, 11) is -3.87. The van der Waals surface area contributed by atoms with Gasteiger partial charge in [0.2, 0.25) is 15.9 Å². The third-order valence-electron chi connectivity index (χ3n) is 6.61. The van der Waals surface area contributed by atoms with E-state index in [1.54, 1.807) is 0 Å². The SMILES string of the molecule is CC1CCN(S(=O)(=O)c2cccc(/C(=C\c3ccnc(-c4cc(C(F)(F)F)cc(C(F)(F)F)c4)n3)C(N)=O)c2)CC1. The molecule has 0 bridgehead atoms. The molecule has 2 N–H and O–H groups in total. The zero-order valence-electron chi connectivity index (χ0n) is 21.5. The molecule has 0 atom stereocenters. The summed E-state index contributed by atoms with van der Waals surface area (Å²) in [5.41, 5.74) is 1.82. The largest absolute Gasteiger partial charge is 0.416 e. The zero-order chi connectivity index (χ0) is 30.2. The van der Waals surface area contributed by atoms with Gasteiger partial charge in [-0.25, -0.2) is 18.4 Å². The number of carbonyl (C=O) groups is 1. The molecule has 0 radical (unpaired) electrons. The first-order chi connectivity index (χ1) is 19.1. The van der Waals surface area contributed by atoms with Gasteiger partial charge in [0.05, 0.1) is 21.7 Å². The average molecular weight is 599 g/mol. The molecular formula is C27H24F6N4O3S. The lowest BCUT2D eigenvalue weighted by atomic mass is 10.0. The van der Waals surface area contributed by atoms with Crippen LogP contribution in [0, 0.1) is 5.92 Å². The first-order valence-corrected chi connectivity index (χ1v) is 13.7. The molecule has 0 aliphatic carbocycles. The summed E-state index contributed by atoms with van der Waals surface area (Å²) in [4.78, 5) is 20.1. The zero-order valence-corrected chi connectivity index (χ0v) is 22.3. The molecule has 0 spiro atoms. The lowest BCUT2D eigenvalue weighted by Crippen LogP contribution is -2.37. The highest BCUT2D eigenvalue weighted by Crippen LogP contribution is 2.38. The number of sulfonamides is 1. The summed E-state index contributed by atoms with van der Waals surface area (Å²) in [5, 5.41) is 0. The van der Waals surface area contributed by atoms with Gasteiger partial charge in [-0.1, -0.05) is 19.1 Å². The molecule has 1 amide bonds. The van der Waals surface area contributed by atoms with Crippen molar-refractivity contribution in [2.45, 2.75) is 37.0 Å². The summed E-state index contributed by atoms with van der Waals surface area (Å²) < 4.78 is 108. The molecule has 2 aromatic carbocycles. The first-order valence-electron chi connectivity index (χ1n) is 12.3. The summed E-state index contributed by atoms with van der Waals surface area (Å²) in [6, 6.07) is 7.75. The van der Waals surface area contributed by atoms with Crippen molar-refractivity contribution in [2.24, 2.45) is 11.7 Å². The van der Waals surface area contributed by atoms with E-state index < -0.39 is 50.8 Å². The first kappa shape index (κ1) is 30.2. The van der Waals surface area contributed by atoms with Gasteiger partial charge in [-0.05, 0) is 66.8 Å². The molecule has 0 saturated carbocycles. The van der Waals surface area contributed by atoms with Crippen molar-refractivity contribution in [1.82, 2.24) is 14.3 Å². The van der Waals surface area contributed by atoms with E-state index >= 15 is 0 Å². The number of primary amides is 1. The minimum absolute atomic E-state index is 0.00996. The molecule has 41 heavy (non-hydrogen) atoms. The maximum absolute atomic E-state index is 13.3. The van der Waals surface area contributed by atoms with Crippen LogP contribution >= 0.6 is 0 Å². The van der Waals surface area contributed by atoms with Gasteiger partial charge in [0, 0.05) is 30.4 Å². The minimum Gasteiger partial charge on any atom is -0.366 e. The minimum atomic E-state index is -5.07. The topological polar surface area (TPSA) is 106 Å². The van der Waals surface area contributed by atoms with Crippen LogP contribution in [0.2, 0.25) is 0 Å². The Morgan fingerprint density at radius 1 is 0.976 bits per heavy atom. The van der Waals surface area contributed by atoms with E-state index in [2.05, 4.69) is 9.97 Å². The van der Waals surface area contributed by atoms with Crippen molar-refractivity contribution < 1.29 is 39.6 Å². The van der Waals surface area contributed by atoms with Gasteiger partial charge in [0.1, 0.15) is 0 Å². The van der Waals surface area contributed by atoms with Gasteiger partial charge >= 0.3 is 12.4 Å². The molecule has 2 heterocycles. The summed E-state index contributed by atoms with van der Waals surface area (Å²) >= 11 is 0. The van der Waals surface area contributed by atoms with Crippen LogP contribution in [0.4, 0.5) is 26.3 Å². The normalized spacial score (nSPS) is 16.1. The maximum Gasteiger partial charge on any atom is 0.416 e. The van der Waals surface area contributed by atoms with Crippen molar-refractivity contribution in [3.63, 3.8) is 0 Å². The van der Waals surface area contributed by atoms with Crippen molar-refractivity contribution in [2.75, 3.05) is 13.1 Å². The highest BCUT2D eigenvalue weighted by Gasteiger charge is 2.37. The maximum atomic E-state index is 13.3. The van der Waals surface area contributed by atoms with Crippen LogP contribution in [0.5, 0.6) is 0 Å². The molecule has 3 aromatic rings. The Bertz CT molecular complexity index is 1560. The number of nitrogens with zero attached hydrogens (tertiary/aromatic N) is 3. The fourth-order valence-electron chi connectivity index (χ4n) is 4.32. The number of piperidine rings is 1. The molecule has 7 nitrogen and oxygen atoms in total. The second-order valence-corrected chi connectivity index (χ2v) is 11.6. The predicted octanol–water partition coefficient (Wildman–Crippen LogP) is 5.63. The van der Waals surface area contributed by atoms with Gasteiger partial charge in [0.25, 0.3) is 0 Å². The second-order valence-electron chi connectivity index (χ2n) is 9.64. The Hall–Kier alpha value is -3.78. The highest BCUT2D eigenvalue weighted by molar-refractivity contribution is 7.89. The Kier molecular flexibility index (Phi) is 8.28. The van der Waals surface area contributed by atoms with Crippen LogP contribution < -0.4 is 5.73 Å². The van der Waals surface area contributed by atoms with Crippen molar-refractivity contribution in [1.29, 1.82) is 0 Å². The Morgan fingerprint density at radius 2 is 1.59 bits per heavy atom. The molecule has 4 rings (SSSR count). The Morgan fingerprint density at radius 3 is 2.15 bits per heavy atom. The van der Waals surface area contributed by atoms with Crippen LogP contribution in [0.3, 0.4) is 0 Å². The van der Waals surface area contributed by atoms with Gasteiger partial charge in [-0.15, -0.1) is 0 Å². The fourth-order valence-corrected chi connectivity index (χ4v) is 5.84. The van der Waals surface area contributed by atoms with Gasteiger partial charge in [-0.3, -0.25) is 4.79 Å². The Balaban J connectivity index is 1.74. The molecule has 0 unspecified atom stereocenters. The molecule has 1 aromatic heterocycles. The molecule has 1 aliphatic heterocycles. The van der Waals surface area contributed by atoms with Crippen molar-refractivity contribution in [3.8, 4) is 11.4 Å². The lowest BCUT2D eigenvalue weighted by Gasteiger charge is -2.29. The van der Waals surface area contributed by atoms with Crippen LogP contribution in [0.15, 0.2) is 59.6 Å². The summed E-state index contributed by atoms with van der Waals surface area (Å²) in [6.45, 7) is 2.73. The van der Waals surface area contributed by atoms with Crippen LogP contribution in [-0.2, 0) is 27.2 Å². The van der Waals surface area contributed by atoms with Gasteiger partial charge in [0.15, 0.2) is 5.82 Å². The van der Waals surface area contributed by atoms with Gasteiger partial charge < -0.3 is 5.73 Å². The molecule has 1 saturated heterocycles. The number of alkyl halides is 6. The molecule has 1 aliphatic rings. The number of aromatic nitrogens is 2.